The smallest absolute Gasteiger partial charge is 0.269 e. The molecule has 1 aromatic rings. The van der Waals surface area contributed by atoms with Crippen molar-refractivity contribution in [2.75, 3.05) is 18.6 Å². The molecule has 0 saturated carbocycles. The Morgan fingerprint density at radius 2 is 2.60 bits per heavy atom. The van der Waals surface area contributed by atoms with Crippen LogP contribution in [0.5, 0.6) is 0 Å². The van der Waals surface area contributed by atoms with E-state index in [0.29, 0.717) is 12.1 Å². The van der Waals surface area contributed by atoms with Gasteiger partial charge in [-0.1, -0.05) is 0 Å². The van der Waals surface area contributed by atoms with E-state index < -0.39 is 0 Å². The molecule has 1 unspecified atom stereocenters. The van der Waals surface area contributed by atoms with Crippen LogP contribution in [0.15, 0.2) is 12.3 Å². The molecule has 0 saturated heterocycles. The zero-order chi connectivity index (χ0) is 11.1. The van der Waals surface area contributed by atoms with Gasteiger partial charge in [0.2, 0.25) is 0 Å². The molecule has 15 heavy (non-hydrogen) atoms. The van der Waals surface area contributed by atoms with Crippen molar-refractivity contribution in [2.45, 2.75) is 12.5 Å². The molecule has 3 N–H and O–H groups in total. The molecule has 0 radical (unpaired) electrons. The first-order chi connectivity index (χ1) is 7.27. The van der Waals surface area contributed by atoms with E-state index in [9.17, 15) is 4.79 Å². The topological polar surface area (TPSA) is 78.0 Å². The zero-order valence-electron chi connectivity index (χ0n) is 8.56. The molecular formula is C9H15N3O2S. The van der Waals surface area contributed by atoms with Crippen molar-refractivity contribution in [3.63, 3.8) is 0 Å². The SMILES string of the molecule is CSCC(CCO)NC(=O)c1ccn[nH]1. The quantitative estimate of drug-likeness (QED) is 0.653. The summed E-state index contributed by atoms with van der Waals surface area (Å²) in [5, 5.41) is 18.0. The van der Waals surface area contributed by atoms with E-state index in [1.165, 1.54) is 6.20 Å². The molecule has 1 rings (SSSR count). The van der Waals surface area contributed by atoms with Gasteiger partial charge in [0, 0.05) is 24.6 Å². The van der Waals surface area contributed by atoms with Gasteiger partial charge < -0.3 is 10.4 Å². The molecule has 1 atom stereocenters. The highest BCUT2D eigenvalue weighted by atomic mass is 32.2. The van der Waals surface area contributed by atoms with E-state index in [4.69, 9.17) is 5.11 Å². The maximum Gasteiger partial charge on any atom is 0.269 e. The number of rotatable bonds is 6. The average Bonchev–Trinajstić information content (AvgIpc) is 2.71. The Morgan fingerprint density at radius 3 is 3.13 bits per heavy atom. The lowest BCUT2D eigenvalue weighted by atomic mass is 10.2. The first kappa shape index (κ1) is 12.1. The van der Waals surface area contributed by atoms with E-state index in [1.807, 2.05) is 6.26 Å². The molecular weight excluding hydrogens is 214 g/mol. The highest BCUT2D eigenvalue weighted by Gasteiger charge is 2.13. The molecule has 1 heterocycles. The van der Waals surface area contributed by atoms with Crippen molar-refractivity contribution in [3.05, 3.63) is 18.0 Å². The summed E-state index contributed by atoms with van der Waals surface area (Å²) in [5.74, 6) is 0.612. The Kier molecular flexibility index (Phi) is 5.20. The lowest BCUT2D eigenvalue weighted by molar-refractivity contribution is 0.0930. The molecule has 0 bridgehead atoms. The number of nitrogens with one attached hydrogen (secondary N) is 2. The van der Waals surface area contributed by atoms with Gasteiger partial charge in [0.05, 0.1) is 0 Å². The molecule has 84 valence electrons. The number of aromatic nitrogens is 2. The van der Waals surface area contributed by atoms with Crippen LogP contribution in [0.25, 0.3) is 0 Å². The van der Waals surface area contributed by atoms with E-state index in [-0.39, 0.29) is 18.6 Å². The van der Waals surface area contributed by atoms with Gasteiger partial charge in [-0.15, -0.1) is 0 Å². The van der Waals surface area contributed by atoms with Gasteiger partial charge in [0.15, 0.2) is 0 Å². The second-order valence-corrected chi connectivity index (χ2v) is 4.02. The second kappa shape index (κ2) is 6.47. The summed E-state index contributed by atoms with van der Waals surface area (Å²) in [6.07, 6.45) is 4.07. The first-order valence-electron chi connectivity index (χ1n) is 4.68. The number of hydrogen-bond acceptors (Lipinski definition) is 4. The first-order valence-corrected chi connectivity index (χ1v) is 6.07. The lowest BCUT2D eigenvalue weighted by Gasteiger charge is -2.15. The van der Waals surface area contributed by atoms with Crippen LogP contribution < -0.4 is 5.32 Å². The van der Waals surface area contributed by atoms with E-state index in [0.717, 1.165) is 5.75 Å². The van der Waals surface area contributed by atoms with Crippen molar-refractivity contribution < 1.29 is 9.90 Å². The predicted molar refractivity (Wildman–Crippen MR) is 59.9 cm³/mol. The predicted octanol–water partition coefficient (Wildman–Crippen LogP) is 0.253. The fourth-order valence-electron chi connectivity index (χ4n) is 1.20. The standard InChI is InChI=1S/C9H15N3O2S/c1-15-6-7(3-5-13)11-9(14)8-2-4-10-12-8/h2,4,7,13H,3,5-6H2,1H3,(H,10,12)(H,11,14). The van der Waals surface area contributed by atoms with Crippen LogP contribution in [-0.2, 0) is 0 Å². The van der Waals surface area contributed by atoms with Gasteiger partial charge in [0.25, 0.3) is 5.91 Å². The number of thioether (sulfide) groups is 1. The monoisotopic (exact) mass is 229 g/mol. The molecule has 0 aromatic carbocycles. The number of aromatic amines is 1. The van der Waals surface area contributed by atoms with E-state index >= 15 is 0 Å². The fourth-order valence-corrected chi connectivity index (χ4v) is 1.85. The summed E-state index contributed by atoms with van der Waals surface area (Å²) in [6.45, 7) is 0.0779. The molecule has 0 aliphatic rings. The number of H-pyrrole nitrogens is 1. The molecule has 0 spiro atoms. The molecule has 0 fully saturated rings. The summed E-state index contributed by atoms with van der Waals surface area (Å²) < 4.78 is 0. The van der Waals surface area contributed by atoms with Crippen LogP contribution >= 0.6 is 11.8 Å². The minimum atomic E-state index is -0.181. The summed E-state index contributed by atoms with van der Waals surface area (Å²) in [6, 6.07) is 1.62. The maximum atomic E-state index is 11.6. The number of hydrogen-bond donors (Lipinski definition) is 3. The van der Waals surface area contributed by atoms with Crippen molar-refractivity contribution in [1.29, 1.82) is 0 Å². The minimum absolute atomic E-state index is 0.000741. The fraction of sp³-hybridized carbons (Fsp3) is 0.556. The summed E-state index contributed by atoms with van der Waals surface area (Å²) in [4.78, 5) is 11.6. The largest absolute Gasteiger partial charge is 0.396 e. The molecule has 1 aromatic heterocycles. The molecule has 6 heteroatoms. The number of aliphatic hydroxyl groups excluding tert-OH is 1. The molecule has 0 aliphatic heterocycles. The Bertz CT molecular complexity index is 284. The van der Waals surface area contributed by atoms with Gasteiger partial charge in [-0.3, -0.25) is 9.89 Å². The van der Waals surface area contributed by atoms with Crippen LogP contribution in [0.4, 0.5) is 0 Å². The minimum Gasteiger partial charge on any atom is -0.396 e. The van der Waals surface area contributed by atoms with Gasteiger partial charge in [-0.05, 0) is 18.7 Å². The van der Waals surface area contributed by atoms with Crippen LogP contribution in [0, 0.1) is 0 Å². The zero-order valence-corrected chi connectivity index (χ0v) is 9.38. The third-order valence-corrected chi connectivity index (χ3v) is 2.66. The van der Waals surface area contributed by atoms with Crippen LogP contribution in [-0.4, -0.2) is 45.9 Å². The summed E-state index contributed by atoms with van der Waals surface area (Å²) >= 11 is 1.64. The van der Waals surface area contributed by atoms with Crippen LogP contribution in [0.3, 0.4) is 0 Å². The Morgan fingerprint density at radius 1 is 1.80 bits per heavy atom. The van der Waals surface area contributed by atoms with Crippen molar-refractivity contribution >= 4 is 17.7 Å². The maximum absolute atomic E-state index is 11.6. The Labute approximate surface area is 92.6 Å². The highest BCUT2D eigenvalue weighted by Crippen LogP contribution is 2.02. The van der Waals surface area contributed by atoms with Gasteiger partial charge in [0.1, 0.15) is 5.69 Å². The van der Waals surface area contributed by atoms with Gasteiger partial charge >= 0.3 is 0 Å². The lowest BCUT2D eigenvalue weighted by Crippen LogP contribution is -2.37. The van der Waals surface area contributed by atoms with Crippen LogP contribution in [0.2, 0.25) is 0 Å². The van der Waals surface area contributed by atoms with Crippen molar-refractivity contribution in [1.82, 2.24) is 15.5 Å². The third-order valence-electron chi connectivity index (χ3n) is 1.93. The highest BCUT2D eigenvalue weighted by molar-refractivity contribution is 7.98. The van der Waals surface area contributed by atoms with Crippen LogP contribution in [0.1, 0.15) is 16.9 Å². The van der Waals surface area contributed by atoms with Crippen molar-refractivity contribution in [3.8, 4) is 0 Å². The second-order valence-electron chi connectivity index (χ2n) is 3.11. The number of nitrogens with zero attached hydrogens (tertiary/aromatic N) is 1. The van der Waals surface area contributed by atoms with Gasteiger partial charge in [-0.25, -0.2) is 0 Å². The number of carbonyl (C=O) groups excluding carboxylic acids is 1. The molecule has 0 aliphatic carbocycles. The normalized spacial score (nSPS) is 12.4. The number of carbonyl (C=O) groups is 1. The van der Waals surface area contributed by atoms with E-state index in [2.05, 4.69) is 15.5 Å². The third kappa shape index (κ3) is 3.93. The average molecular weight is 229 g/mol. The van der Waals surface area contributed by atoms with Crippen molar-refractivity contribution in [2.24, 2.45) is 0 Å². The number of aliphatic hydroxyl groups is 1. The summed E-state index contributed by atoms with van der Waals surface area (Å²) in [5.41, 5.74) is 0.444. The molecule has 5 nitrogen and oxygen atoms in total. The number of amides is 1. The molecule has 1 amide bonds. The van der Waals surface area contributed by atoms with Gasteiger partial charge in [-0.2, -0.15) is 16.9 Å². The Balaban J connectivity index is 2.47. The van der Waals surface area contributed by atoms with E-state index in [1.54, 1.807) is 17.8 Å². The Hall–Kier alpha value is -1.01. The summed E-state index contributed by atoms with van der Waals surface area (Å²) in [7, 11) is 0.